The van der Waals surface area contributed by atoms with Gasteiger partial charge in [0.05, 0.1) is 10.7 Å². The molecule has 6 aromatic rings. The number of carboxylic acids is 2. The topological polar surface area (TPSA) is 122 Å². The molecule has 0 unspecified atom stereocenters. The molecule has 9 heteroatoms. The number of anilines is 2. The molecule has 6 rings (SSSR count). The van der Waals surface area contributed by atoms with E-state index < -0.39 is 23.4 Å². The first-order chi connectivity index (χ1) is 24.4. The number of carboxylic acid groups (broad SMARTS) is 2. The van der Waals surface area contributed by atoms with Gasteiger partial charge in [-0.25, -0.2) is 9.59 Å². The fourth-order valence-corrected chi connectivity index (χ4v) is 6.73. The average Bonchev–Trinajstić information content (AvgIpc) is 3.11. The highest BCUT2D eigenvalue weighted by molar-refractivity contribution is 6.33. The summed E-state index contributed by atoms with van der Waals surface area (Å²) in [6.45, 7) is 6.45. The van der Waals surface area contributed by atoms with Crippen molar-refractivity contribution in [2.45, 2.75) is 26.7 Å². The lowest BCUT2D eigenvalue weighted by Gasteiger charge is -2.21. The van der Waals surface area contributed by atoms with Crippen LogP contribution in [0.2, 0.25) is 5.02 Å². The van der Waals surface area contributed by atoms with Gasteiger partial charge in [0.2, 0.25) is 0 Å². The molecule has 262 valence electrons. The summed E-state index contributed by atoms with van der Waals surface area (Å²) < 4.78 is 0. The number of rotatable bonds is 10. The summed E-state index contributed by atoms with van der Waals surface area (Å²) in [6, 6.07) is 31.9. The van der Waals surface area contributed by atoms with E-state index in [9.17, 15) is 30.0 Å². The van der Waals surface area contributed by atoms with E-state index in [-0.39, 0.29) is 17.5 Å². The highest BCUT2D eigenvalue weighted by Crippen LogP contribution is 2.39. The Morgan fingerprint density at radius 3 is 1.53 bits per heavy atom. The second-order valence-electron chi connectivity index (χ2n) is 12.4. The Hall–Kier alpha value is -5.73. The molecule has 8 nitrogen and oxygen atoms in total. The highest BCUT2D eigenvalue weighted by atomic mass is 35.5. The van der Waals surface area contributed by atoms with Gasteiger partial charge in [-0.15, -0.1) is 0 Å². The molecule has 0 aromatic heterocycles. The van der Waals surface area contributed by atoms with Crippen molar-refractivity contribution in [3.63, 3.8) is 0 Å². The first-order valence-corrected chi connectivity index (χ1v) is 17.0. The van der Waals surface area contributed by atoms with Crippen molar-refractivity contribution in [3.05, 3.63) is 142 Å². The number of carbonyl (C=O) groups is 2. The fraction of sp³-hybridized carbons (Fsp3) is 0.190. The van der Waals surface area contributed by atoms with Crippen LogP contribution in [0.15, 0.2) is 103 Å². The van der Waals surface area contributed by atoms with Crippen LogP contribution in [-0.2, 0) is 12.8 Å². The van der Waals surface area contributed by atoms with E-state index in [1.165, 1.54) is 28.9 Å². The predicted molar refractivity (Wildman–Crippen MR) is 207 cm³/mol. The SMILES string of the molecule is CCN(CC)c1ccc(Cc2ccc(N(C)C)c(Cl)c2)cc1.O=C(O)c1cc2ccccc2c(Cc2c(O)c(C(=O)O)cc3ccccc23)c1O. The van der Waals surface area contributed by atoms with Crippen LogP contribution in [0.3, 0.4) is 0 Å². The number of aromatic carboxylic acids is 2. The molecule has 0 bridgehead atoms. The predicted octanol–water partition coefficient (Wildman–Crippen LogP) is 9.23. The molecular weight excluding hydrogens is 664 g/mol. The van der Waals surface area contributed by atoms with Crippen molar-refractivity contribution in [1.82, 2.24) is 0 Å². The number of hydrogen-bond acceptors (Lipinski definition) is 6. The first-order valence-electron chi connectivity index (χ1n) is 16.7. The summed E-state index contributed by atoms with van der Waals surface area (Å²) in [6.07, 6.45) is 0.868. The lowest BCUT2D eigenvalue weighted by atomic mass is 9.90. The average molecular weight is 705 g/mol. The Morgan fingerprint density at radius 1 is 0.627 bits per heavy atom. The molecule has 0 amide bonds. The van der Waals surface area contributed by atoms with Crippen molar-refractivity contribution in [2.24, 2.45) is 0 Å². The van der Waals surface area contributed by atoms with Gasteiger partial charge in [-0.1, -0.05) is 78.3 Å². The van der Waals surface area contributed by atoms with Crippen molar-refractivity contribution in [2.75, 3.05) is 37.0 Å². The van der Waals surface area contributed by atoms with Crippen molar-refractivity contribution in [3.8, 4) is 11.5 Å². The van der Waals surface area contributed by atoms with Crippen LogP contribution in [-0.4, -0.2) is 59.5 Å². The largest absolute Gasteiger partial charge is 0.507 e. The van der Waals surface area contributed by atoms with E-state index in [0.29, 0.717) is 32.7 Å². The standard InChI is InChI=1S/C23H16O6.C19H25ClN2/c24-20-16(14-7-3-1-5-12(14)9-18(20)22(26)27)11-17-15-8-4-2-6-13(15)10-19(21(17)25)23(28)29;1-5-22(6-2)17-10-7-15(8-11-17)13-16-9-12-19(21(3)4)18(20)14-16/h1-10,24-25H,11H2,(H,26,27)(H,28,29);7-12,14H,5-6,13H2,1-4H3. The van der Waals surface area contributed by atoms with Crippen LogP contribution in [0.25, 0.3) is 21.5 Å². The van der Waals surface area contributed by atoms with Gasteiger partial charge in [0.15, 0.2) is 0 Å². The molecular formula is C42H41ClN2O6. The van der Waals surface area contributed by atoms with Crippen LogP contribution in [0.4, 0.5) is 11.4 Å². The second kappa shape index (κ2) is 15.9. The Bertz CT molecular complexity index is 2110. The zero-order chi connectivity index (χ0) is 36.8. The zero-order valence-electron chi connectivity index (χ0n) is 29.0. The van der Waals surface area contributed by atoms with Gasteiger partial charge in [-0.2, -0.15) is 0 Å². The first kappa shape index (κ1) is 36.5. The molecule has 0 fully saturated rings. The molecule has 0 radical (unpaired) electrons. The Morgan fingerprint density at radius 2 is 1.10 bits per heavy atom. The molecule has 0 saturated carbocycles. The Kier molecular flexibility index (Phi) is 11.4. The van der Waals surface area contributed by atoms with Gasteiger partial charge in [0.25, 0.3) is 0 Å². The summed E-state index contributed by atoms with van der Waals surface area (Å²) in [5.41, 5.74) is 5.01. The summed E-state index contributed by atoms with van der Waals surface area (Å²) in [7, 11) is 4.01. The van der Waals surface area contributed by atoms with Crippen molar-refractivity contribution < 1.29 is 30.0 Å². The molecule has 51 heavy (non-hydrogen) atoms. The van der Waals surface area contributed by atoms with Gasteiger partial charge in [0.1, 0.15) is 22.6 Å². The summed E-state index contributed by atoms with van der Waals surface area (Å²) in [4.78, 5) is 27.6. The molecule has 0 heterocycles. The number of hydrogen-bond donors (Lipinski definition) is 4. The van der Waals surface area contributed by atoms with Crippen LogP contribution >= 0.6 is 11.6 Å². The van der Waals surface area contributed by atoms with Crippen LogP contribution in [0, 0.1) is 0 Å². The van der Waals surface area contributed by atoms with Crippen molar-refractivity contribution >= 4 is 56.5 Å². The maximum atomic E-state index is 11.6. The van der Waals surface area contributed by atoms with Gasteiger partial charge in [0, 0.05) is 50.4 Å². The van der Waals surface area contributed by atoms with E-state index in [4.69, 9.17) is 11.6 Å². The number of halogens is 1. The Balaban J connectivity index is 0.000000206. The summed E-state index contributed by atoms with van der Waals surface area (Å²) in [5.74, 6) is -3.36. The summed E-state index contributed by atoms with van der Waals surface area (Å²) >= 11 is 6.35. The number of benzene rings is 6. The number of fused-ring (bicyclic) bond motifs is 2. The van der Waals surface area contributed by atoms with E-state index in [1.54, 1.807) is 48.5 Å². The maximum Gasteiger partial charge on any atom is 0.339 e. The minimum atomic E-state index is -1.28. The minimum absolute atomic E-state index is 0.0407. The molecule has 0 aliphatic heterocycles. The third-order valence-electron chi connectivity index (χ3n) is 9.03. The van der Waals surface area contributed by atoms with E-state index in [0.717, 1.165) is 30.2 Å². The molecule has 0 aliphatic carbocycles. The fourth-order valence-electron chi connectivity index (χ4n) is 6.36. The third kappa shape index (κ3) is 8.03. The number of phenols is 2. The van der Waals surface area contributed by atoms with Gasteiger partial charge in [-0.05, 0) is 89.3 Å². The van der Waals surface area contributed by atoms with E-state index >= 15 is 0 Å². The molecule has 0 spiro atoms. The maximum absolute atomic E-state index is 11.6. The van der Waals surface area contributed by atoms with Crippen LogP contribution < -0.4 is 9.80 Å². The second-order valence-corrected chi connectivity index (χ2v) is 12.8. The molecule has 6 aromatic carbocycles. The molecule has 0 saturated heterocycles. The quantitative estimate of drug-likeness (QED) is 0.111. The minimum Gasteiger partial charge on any atom is -0.507 e. The lowest BCUT2D eigenvalue weighted by Crippen LogP contribution is -2.21. The van der Waals surface area contributed by atoms with Gasteiger partial charge < -0.3 is 30.2 Å². The number of nitrogens with zero attached hydrogens (tertiary/aromatic N) is 2. The Labute approximate surface area is 302 Å². The zero-order valence-corrected chi connectivity index (χ0v) is 29.8. The molecule has 4 N–H and O–H groups in total. The molecule has 0 atom stereocenters. The van der Waals surface area contributed by atoms with E-state index in [2.05, 4.69) is 61.2 Å². The monoisotopic (exact) mass is 704 g/mol. The van der Waals surface area contributed by atoms with E-state index in [1.807, 2.05) is 19.0 Å². The van der Waals surface area contributed by atoms with Crippen LogP contribution in [0.5, 0.6) is 11.5 Å². The molecule has 0 aliphatic rings. The third-order valence-corrected chi connectivity index (χ3v) is 9.34. The van der Waals surface area contributed by atoms with Crippen molar-refractivity contribution in [1.29, 1.82) is 0 Å². The summed E-state index contributed by atoms with van der Waals surface area (Å²) in [5, 5.41) is 43.6. The lowest BCUT2D eigenvalue weighted by molar-refractivity contribution is 0.0682. The smallest absolute Gasteiger partial charge is 0.339 e. The van der Waals surface area contributed by atoms with Crippen LogP contribution in [0.1, 0.15) is 56.8 Å². The normalized spacial score (nSPS) is 10.8. The number of aromatic hydroxyl groups is 2. The highest BCUT2D eigenvalue weighted by Gasteiger charge is 2.22. The van der Waals surface area contributed by atoms with Gasteiger partial charge in [-0.3, -0.25) is 0 Å². The van der Waals surface area contributed by atoms with Gasteiger partial charge >= 0.3 is 11.9 Å².